The van der Waals surface area contributed by atoms with Crippen LogP contribution in [0.25, 0.3) is 11.3 Å². The van der Waals surface area contributed by atoms with Crippen LogP contribution in [-0.2, 0) is 18.3 Å². The third-order valence-electron chi connectivity index (χ3n) is 3.11. The number of nitrogens with zero attached hydrogens (tertiary/aromatic N) is 2. The maximum atomic E-state index is 5.81. The van der Waals surface area contributed by atoms with Gasteiger partial charge < -0.3 is 0 Å². The smallest absolute Gasteiger partial charge is 0.0778 e. The van der Waals surface area contributed by atoms with Crippen LogP contribution >= 0.6 is 11.6 Å². The quantitative estimate of drug-likeness (QED) is 0.745. The molecule has 1 aromatic carbocycles. The first-order valence-electron chi connectivity index (χ1n) is 6.11. The van der Waals surface area contributed by atoms with E-state index in [0.717, 1.165) is 11.4 Å². The molecule has 1 aromatic heterocycles. The minimum absolute atomic E-state index is 0.187. The summed E-state index contributed by atoms with van der Waals surface area (Å²) in [6.07, 6.45) is 0. The third kappa shape index (κ3) is 2.59. The first-order chi connectivity index (χ1) is 8.41. The summed E-state index contributed by atoms with van der Waals surface area (Å²) in [5.41, 5.74) is 4.72. The second-order valence-electron chi connectivity index (χ2n) is 5.61. The standard InChI is InChI=1S/C15H19ClN2/c1-15(2,3)12-7-5-11(6-8-12)14-9-13(10-16)17-18(14)4/h5-9H,10H2,1-4H3. The molecule has 2 nitrogen and oxygen atoms in total. The molecule has 0 aliphatic rings. The van der Waals surface area contributed by atoms with Crippen molar-refractivity contribution >= 4 is 11.6 Å². The van der Waals surface area contributed by atoms with E-state index in [1.165, 1.54) is 11.1 Å². The molecule has 0 aliphatic heterocycles. The molecule has 1 heterocycles. The Kier molecular flexibility index (Phi) is 3.49. The van der Waals surface area contributed by atoms with Crippen LogP contribution in [0.3, 0.4) is 0 Å². The predicted molar refractivity (Wildman–Crippen MR) is 76.9 cm³/mol. The van der Waals surface area contributed by atoms with Gasteiger partial charge in [-0.3, -0.25) is 4.68 Å². The third-order valence-corrected chi connectivity index (χ3v) is 3.39. The van der Waals surface area contributed by atoms with Gasteiger partial charge in [-0.15, -0.1) is 11.6 Å². The Morgan fingerprint density at radius 3 is 2.22 bits per heavy atom. The summed E-state index contributed by atoms with van der Waals surface area (Å²) in [5, 5.41) is 4.36. The lowest BCUT2D eigenvalue weighted by atomic mass is 9.86. The largest absolute Gasteiger partial charge is 0.268 e. The van der Waals surface area contributed by atoms with Gasteiger partial charge in [-0.1, -0.05) is 45.0 Å². The van der Waals surface area contributed by atoms with Crippen molar-refractivity contribution in [3.8, 4) is 11.3 Å². The lowest BCUT2D eigenvalue weighted by Gasteiger charge is -2.19. The topological polar surface area (TPSA) is 17.8 Å². The molecule has 18 heavy (non-hydrogen) atoms. The normalized spacial score (nSPS) is 11.8. The van der Waals surface area contributed by atoms with Crippen molar-refractivity contribution in [3.63, 3.8) is 0 Å². The highest BCUT2D eigenvalue weighted by atomic mass is 35.5. The van der Waals surface area contributed by atoms with Gasteiger partial charge in [0.05, 0.1) is 17.3 Å². The van der Waals surface area contributed by atoms with Crippen molar-refractivity contribution in [2.45, 2.75) is 32.1 Å². The summed E-state index contributed by atoms with van der Waals surface area (Å²) in [6.45, 7) is 6.66. The number of aryl methyl sites for hydroxylation is 1. The van der Waals surface area contributed by atoms with Crippen molar-refractivity contribution < 1.29 is 0 Å². The predicted octanol–water partition coefficient (Wildman–Crippen LogP) is 4.12. The van der Waals surface area contributed by atoms with E-state index in [2.05, 4.69) is 50.1 Å². The molecule has 0 saturated carbocycles. The minimum Gasteiger partial charge on any atom is -0.268 e. The van der Waals surface area contributed by atoms with E-state index < -0.39 is 0 Å². The molecule has 0 unspecified atom stereocenters. The Hall–Kier alpha value is -1.28. The van der Waals surface area contributed by atoms with Gasteiger partial charge in [0.25, 0.3) is 0 Å². The lowest BCUT2D eigenvalue weighted by molar-refractivity contribution is 0.590. The fraction of sp³-hybridized carbons (Fsp3) is 0.400. The maximum absolute atomic E-state index is 5.81. The highest BCUT2D eigenvalue weighted by molar-refractivity contribution is 6.16. The number of benzene rings is 1. The first-order valence-corrected chi connectivity index (χ1v) is 6.65. The Balaban J connectivity index is 2.37. The van der Waals surface area contributed by atoms with Crippen LogP contribution in [-0.4, -0.2) is 9.78 Å². The highest BCUT2D eigenvalue weighted by Gasteiger charge is 2.14. The summed E-state index contributed by atoms with van der Waals surface area (Å²) < 4.78 is 1.88. The summed E-state index contributed by atoms with van der Waals surface area (Å²) >= 11 is 5.81. The van der Waals surface area contributed by atoms with Crippen molar-refractivity contribution in [2.75, 3.05) is 0 Å². The van der Waals surface area contributed by atoms with Crippen molar-refractivity contribution in [2.24, 2.45) is 7.05 Å². The first kappa shape index (κ1) is 13.2. The average molecular weight is 263 g/mol. The Morgan fingerprint density at radius 2 is 1.78 bits per heavy atom. The van der Waals surface area contributed by atoms with Gasteiger partial charge in [-0.2, -0.15) is 5.10 Å². The molecule has 0 fully saturated rings. The van der Waals surface area contributed by atoms with Crippen LogP contribution in [0.5, 0.6) is 0 Å². The molecule has 0 N–H and O–H groups in total. The molecular formula is C15H19ClN2. The number of halogens is 1. The zero-order valence-electron chi connectivity index (χ0n) is 11.4. The highest BCUT2D eigenvalue weighted by Crippen LogP contribution is 2.26. The Morgan fingerprint density at radius 1 is 1.17 bits per heavy atom. The van der Waals surface area contributed by atoms with Crippen molar-refractivity contribution in [3.05, 3.63) is 41.6 Å². The molecule has 2 rings (SSSR count). The van der Waals surface area contributed by atoms with Gasteiger partial charge in [0.2, 0.25) is 0 Å². The minimum atomic E-state index is 0.187. The van der Waals surface area contributed by atoms with Gasteiger partial charge in [-0.25, -0.2) is 0 Å². The summed E-state index contributed by atoms with van der Waals surface area (Å²) in [7, 11) is 1.95. The molecule has 96 valence electrons. The van der Waals surface area contributed by atoms with Crippen LogP contribution in [0.1, 0.15) is 32.0 Å². The zero-order chi connectivity index (χ0) is 13.3. The van der Waals surface area contributed by atoms with E-state index >= 15 is 0 Å². The molecular weight excluding hydrogens is 244 g/mol. The van der Waals surface area contributed by atoms with Crippen molar-refractivity contribution in [1.82, 2.24) is 9.78 Å². The number of rotatable bonds is 2. The number of hydrogen-bond donors (Lipinski definition) is 0. The van der Waals surface area contributed by atoms with E-state index in [1.807, 2.05) is 17.8 Å². The molecule has 3 heteroatoms. The van der Waals surface area contributed by atoms with Crippen LogP contribution in [0.15, 0.2) is 30.3 Å². The Labute approximate surface area is 114 Å². The maximum Gasteiger partial charge on any atom is 0.0778 e. The average Bonchev–Trinajstić information content (AvgIpc) is 2.70. The number of aromatic nitrogens is 2. The van der Waals surface area contributed by atoms with Crippen LogP contribution in [0, 0.1) is 0 Å². The van der Waals surface area contributed by atoms with E-state index in [0.29, 0.717) is 5.88 Å². The SMILES string of the molecule is Cn1nc(CCl)cc1-c1ccc(C(C)(C)C)cc1. The molecule has 2 aromatic rings. The fourth-order valence-electron chi connectivity index (χ4n) is 2.00. The molecule has 0 spiro atoms. The lowest BCUT2D eigenvalue weighted by Crippen LogP contribution is -2.10. The molecule has 0 amide bonds. The van der Waals surface area contributed by atoms with Gasteiger partial charge >= 0.3 is 0 Å². The molecule has 0 radical (unpaired) electrons. The van der Waals surface area contributed by atoms with Gasteiger partial charge in [0.1, 0.15) is 0 Å². The monoisotopic (exact) mass is 262 g/mol. The molecule has 0 aliphatic carbocycles. The second-order valence-corrected chi connectivity index (χ2v) is 5.87. The number of alkyl halides is 1. The summed E-state index contributed by atoms with van der Waals surface area (Å²) in [5.74, 6) is 0.452. The molecule has 0 bridgehead atoms. The summed E-state index contributed by atoms with van der Waals surface area (Å²) in [6, 6.07) is 10.7. The van der Waals surface area contributed by atoms with E-state index in [1.54, 1.807) is 0 Å². The van der Waals surface area contributed by atoms with E-state index in [4.69, 9.17) is 11.6 Å². The second kappa shape index (κ2) is 4.77. The van der Waals surface area contributed by atoms with Crippen LogP contribution < -0.4 is 0 Å². The van der Waals surface area contributed by atoms with Crippen molar-refractivity contribution in [1.29, 1.82) is 0 Å². The fourth-order valence-corrected chi connectivity index (χ4v) is 2.13. The molecule has 0 saturated heterocycles. The van der Waals surface area contributed by atoms with Crippen LogP contribution in [0.4, 0.5) is 0 Å². The van der Waals surface area contributed by atoms with Gasteiger partial charge in [0, 0.05) is 7.05 Å². The number of hydrogen-bond acceptors (Lipinski definition) is 1. The van der Waals surface area contributed by atoms with E-state index in [-0.39, 0.29) is 5.41 Å². The van der Waals surface area contributed by atoms with Gasteiger partial charge in [0.15, 0.2) is 0 Å². The van der Waals surface area contributed by atoms with E-state index in [9.17, 15) is 0 Å². The zero-order valence-corrected chi connectivity index (χ0v) is 12.1. The van der Waals surface area contributed by atoms with Crippen LogP contribution in [0.2, 0.25) is 0 Å². The summed E-state index contributed by atoms with van der Waals surface area (Å²) in [4.78, 5) is 0. The Bertz CT molecular complexity index is 533. The molecule has 0 atom stereocenters. The van der Waals surface area contributed by atoms with Gasteiger partial charge in [-0.05, 0) is 22.6 Å².